The Morgan fingerprint density at radius 3 is 2.61 bits per heavy atom. The van der Waals surface area contributed by atoms with Crippen molar-refractivity contribution in [3.63, 3.8) is 0 Å². The first-order valence-electron chi connectivity index (χ1n) is 6.39. The summed E-state index contributed by atoms with van der Waals surface area (Å²) in [6, 6.07) is -0.648. The molecular formula is C13H22N2O3. The molecule has 1 rings (SSSR count). The summed E-state index contributed by atoms with van der Waals surface area (Å²) < 4.78 is 0. The highest BCUT2D eigenvalue weighted by Gasteiger charge is 2.23. The predicted molar refractivity (Wildman–Crippen MR) is 69.0 cm³/mol. The van der Waals surface area contributed by atoms with Crippen LogP contribution in [0.3, 0.4) is 0 Å². The smallest absolute Gasteiger partial charge is 0.320 e. The number of hydrogen-bond donors (Lipinski definition) is 1. The molecule has 1 amide bonds. The van der Waals surface area contributed by atoms with E-state index in [-0.39, 0.29) is 12.5 Å². The second kappa shape index (κ2) is 6.54. The molecular weight excluding hydrogens is 232 g/mol. The van der Waals surface area contributed by atoms with Crippen LogP contribution in [0.25, 0.3) is 0 Å². The Bertz CT molecular complexity index is 352. The van der Waals surface area contributed by atoms with Gasteiger partial charge < -0.3 is 10.0 Å². The SMILES string of the molecule is CCN(C(=O)CN(C)C(C)C(=O)O)C1=CCCC1. The Kier molecular flexibility index (Phi) is 5.34. The van der Waals surface area contributed by atoms with Crippen molar-refractivity contribution in [1.82, 2.24) is 9.80 Å². The van der Waals surface area contributed by atoms with Crippen LogP contribution in [-0.4, -0.2) is 53.0 Å². The molecule has 1 atom stereocenters. The number of likely N-dealkylation sites (N-methyl/N-ethyl adjacent to an activating group) is 2. The Labute approximate surface area is 108 Å². The van der Waals surface area contributed by atoms with Gasteiger partial charge in [0.2, 0.25) is 5.91 Å². The number of allylic oxidation sites excluding steroid dienone is 2. The number of hydrogen-bond acceptors (Lipinski definition) is 3. The second-order valence-electron chi connectivity index (χ2n) is 4.66. The lowest BCUT2D eigenvalue weighted by Crippen LogP contribution is -2.44. The Balaban J connectivity index is 2.60. The van der Waals surface area contributed by atoms with Gasteiger partial charge in [0.15, 0.2) is 0 Å². The van der Waals surface area contributed by atoms with Crippen LogP contribution in [0.15, 0.2) is 11.8 Å². The molecule has 18 heavy (non-hydrogen) atoms. The van der Waals surface area contributed by atoms with E-state index in [0.29, 0.717) is 6.54 Å². The molecule has 1 aliphatic rings. The van der Waals surface area contributed by atoms with Crippen molar-refractivity contribution in [3.8, 4) is 0 Å². The highest BCUT2D eigenvalue weighted by atomic mass is 16.4. The molecule has 0 aromatic heterocycles. The van der Waals surface area contributed by atoms with Crippen LogP contribution in [0.1, 0.15) is 33.1 Å². The van der Waals surface area contributed by atoms with Gasteiger partial charge in [-0.25, -0.2) is 0 Å². The fraction of sp³-hybridized carbons (Fsp3) is 0.692. The van der Waals surface area contributed by atoms with E-state index >= 15 is 0 Å². The van der Waals surface area contributed by atoms with Crippen molar-refractivity contribution in [2.24, 2.45) is 0 Å². The van der Waals surface area contributed by atoms with E-state index < -0.39 is 12.0 Å². The Morgan fingerprint density at radius 2 is 2.17 bits per heavy atom. The molecule has 5 nitrogen and oxygen atoms in total. The zero-order valence-corrected chi connectivity index (χ0v) is 11.3. The summed E-state index contributed by atoms with van der Waals surface area (Å²) in [6.07, 6.45) is 5.17. The van der Waals surface area contributed by atoms with Crippen molar-refractivity contribution in [1.29, 1.82) is 0 Å². The maximum atomic E-state index is 12.1. The number of carbonyl (C=O) groups is 2. The van der Waals surface area contributed by atoms with Crippen molar-refractivity contribution in [3.05, 3.63) is 11.8 Å². The number of amides is 1. The van der Waals surface area contributed by atoms with Gasteiger partial charge in [0.25, 0.3) is 0 Å². The maximum absolute atomic E-state index is 12.1. The maximum Gasteiger partial charge on any atom is 0.320 e. The van der Waals surface area contributed by atoms with Gasteiger partial charge >= 0.3 is 5.97 Å². The number of aliphatic carboxylic acids is 1. The van der Waals surface area contributed by atoms with Crippen LogP contribution in [0.5, 0.6) is 0 Å². The predicted octanol–water partition coefficient (Wildman–Crippen LogP) is 1.31. The first-order valence-corrected chi connectivity index (χ1v) is 6.39. The first-order chi connectivity index (χ1) is 8.47. The topological polar surface area (TPSA) is 60.9 Å². The van der Waals surface area contributed by atoms with Gasteiger partial charge in [-0.1, -0.05) is 6.08 Å². The van der Waals surface area contributed by atoms with E-state index in [0.717, 1.165) is 25.0 Å². The molecule has 5 heteroatoms. The average molecular weight is 254 g/mol. The molecule has 1 unspecified atom stereocenters. The number of carboxylic acid groups (broad SMARTS) is 1. The van der Waals surface area contributed by atoms with E-state index in [1.54, 1.807) is 23.8 Å². The van der Waals surface area contributed by atoms with E-state index in [4.69, 9.17) is 5.11 Å². The third-order valence-corrected chi connectivity index (χ3v) is 3.38. The van der Waals surface area contributed by atoms with Gasteiger partial charge in [-0.05, 0) is 40.2 Å². The highest BCUT2D eigenvalue weighted by molar-refractivity contribution is 5.81. The van der Waals surface area contributed by atoms with Gasteiger partial charge in [-0.15, -0.1) is 0 Å². The third kappa shape index (κ3) is 3.57. The standard InChI is InChI=1S/C13H22N2O3/c1-4-15(11-7-5-6-8-11)12(16)9-14(3)10(2)13(17)18/h7,10H,4-6,8-9H2,1-3H3,(H,17,18). The number of nitrogens with zero attached hydrogens (tertiary/aromatic N) is 2. The van der Waals surface area contributed by atoms with Crippen molar-refractivity contribution in [2.45, 2.75) is 39.2 Å². The molecule has 0 aromatic rings. The minimum Gasteiger partial charge on any atom is -0.480 e. The van der Waals surface area contributed by atoms with E-state index in [1.807, 2.05) is 6.92 Å². The van der Waals surface area contributed by atoms with Gasteiger partial charge in [-0.3, -0.25) is 14.5 Å². The van der Waals surface area contributed by atoms with Gasteiger partial charge in [0, 0.05) is 12.2 Å². The summed E-state index contributed by atoms with van der Waals surface area (Å²) in [7, 11) is 1.66. The number of rotatable bonds is 6. The van der Waals surface area contributed by atoms with Gasteiger partial charge in [-0.2, -0.15) is 0 Å². The zero-order chi connectivity index (χ0) is 13.7. The lowest BCUT2D eigenvalue weighted by molar-refractivity contribution is -0.143. The summed E-state index contributed by atoms with van der Waals surface area (Å²) in [5, 5.41) is 8.89. The molecule has 0 saturated carbocycles. The third-order valence-electron chi connectivity index (χ3n) is 3.38. The number of carboxylic acids is 1. The Hall–Kier alpha value is -1.36. The van der Waals surface area contributed by atoms with Crippen LogP contribution in [0.4, 0.5) is 0 Å². The van der Waals surface area contributed by atoms with Crippen LogP contribution in [-0.2, 0) is 9.59 Å². The highest BCUT2D eigenvalue weighted by Crippen LogP contribution is 2.21. The molecule has 1 aliphatic carbocycles. The molecule has 0 radical (unpaired) electrons. The molecule has 102 valence electrons. The molecule has 0 fully saturated rings. The summed E-state index contributed by atoms with van der Waals surface area (Å²) in [5.74, 6) is -0.935. The van der Waals surface area contributed by atoms with Crippen molar-refractivity contribution >= 4 is 11.9 Å². The fourth-order valence-electron chi connectivity index (χ4n) is 2.06. The summed E-state index contributed by atoms with van der Waals surface area (Å²) in [4.78, 5) is 26.3. The molecule has 0 aromatic carbocycles. The molecule has 1 N–H and O–H groups in total. The monoisotopic (exact) mass is 254 g/mol. The molecule has 0 bridgehead atoms. The lowest BCUT2D eigenvalue weighted by Gasteiger charge is -2.27. The minimum atomic E-state index is -0.909. The lowest BCUT2D eigenvalue weighted by atomic mass is 10.2. The van der Waals surface area contributed by atoms with E-state index in [9.17, 15) is 9.59 Å². The van der Waals surface area contributed by atoms with Crippen LogP contribution in [0, 0.1) is 0 Å². The van der Waals surface area contributed by atoms with Crippen LogP contribution < -0.4 is 0 Å². The molecule has 0 saturated heterocycles. The molecule has 0 aliphatic heterocycles. The van der Waals surface area contributed by atoms with Crippen molar-refractivity contribution in [2.75, 3.05) is 20.1 Å². The second-order valence-corrected chi connectivity index (χ2v) is 4.66. The van der Waals surface area contributed by atoms with Crippen molar-refractivity contribution < 1.29 is 14.7 Å². The largest absolute Gasteiger partial charge is 0.480 e. The van der Waals surface area contributed by atoms with E-state index in [1.165, 1.54) is 0 Å². The molecule has 0 spiro atoms. The number of carbonyl (C=O) groups excluding carboxylic acids is 1. The zero-order valence-electron chi connectivity index (χ0n) is 11.3. The van der Waals surface area contributed by atoms with E-state index in [2.05, 4.69) is 6.08 Å². The summed E-state index contributed by atoms with van der Waals surface area (Å²) >= 11 is 0. The molecule has 0 heterocycles. The van der Waals surface area contributed by atoms with Crippen LogP contribution >= 0.6 is 0 Å². The quantitative estimate of drug-likeness (QED) is 0.776. The van der Waals surface area contributed by atoms with Gasteiger partial charge in [0.1, 0.15) is 6.04 Å². The average Bonchev–Trinajstić information content (AvgIpc) is 2.82. The minimum absolute atomic E-state index is 0.0266. The summed E-state index contributed by atoms with van der Waals surface area (Å²) in [5.41, 5.74) is 1.08. The fourth-order valence-corrected chi connectivity index (χ4v) is 2.06. The van der Waals surface area contributed by atoms with Crippen LogP contribution in [0.2, 0.25) is 0 Å². The Morgan fingerprint density at radius 1 is 1.50 bits per heavy atom. The van der Waals surface area contributed by atoms with Gasteiger partial charge in [0.05, 0.1) is 6.54 Å². The summed E-state index contributed by atoms with van der Waals surface area (Å²) in [6.45, 7) is 4.30. The normalized spacial score (nSPS) is 16.6. The first kappa shape index (κ1) is 14.7.